The first-order valence-electron chi connectivity index (χ1n) is 6.55. The van der Waals surface area contributed by atoms with Crippen molar-refractivity contribution in [2.45, 2.75) is 0 Å². The van der Waals surface area contributed by atoms with Crippen LogP contribution in [0.2, 0.25) is 0 Å². The Hall–Kier alpha value is -2.59. The number of phenols is 1. The Morgan fingerprint density at radius 3 is 2.71 bits per heavy atom. The summed E-state index contributed by atoms with van der Waals surface area (Å²) in [5.41, 5.74) is 2.47. The highest BCUT2D eigenvalue weighted by molar-refractivity contribution is 7.17. The van der Waals surface area contributed by atoms with E-state index in [9.17, 15) is 9.90 Å². The van der Waals surface area contributed by atoms with Crippen LogP contribution < -0.4 is 5.56 Å². The van der Waals surface area contributed by atoms with E-state index in [0.29, 0.717) is 0 Å². The monoisotopic (exact) mass is 293 g/mol. The number of H-pyrrole nitrogens is 1. The van der Waals surface area contributed by atoms with Gasteiger partial charge in [0.05, 0.1) is 0 Å². The molecule has 0 bridgehead atoms. The van der Waals surface area contributed by atoms with Crippen molar-refractivity contribution in [1.82, 2.24) is 4.98 Å². The van der Waals surface area contributed by atoms with Gasteiger partial charge in [0.2, 0.25) is 0 Å². The molecule has 2 aromatic heterocycles. The maximum Gasteiger partial charge on any atom is 0.266 e. The van der Waals surface area contributed by atoms with Crippen molar-refractivity contribution in [3.8, 4) is 16.9 Å². The molecule has 0 aliphatic carbocycles. The molecule has 3 nitrogen and oxygen atoms in total. The van der Waals surface area contributed by atoms with Gasteiger partial charge in [0.25, 0.3) is 5.56 Å². The third-order valence-corrected chi connectivity index (χ3v) is 4.56. The number of phenolic OH excluding ortho intramolecular Hbond substituents is 1. The van der Waals surface area contributed by atoms with Gasteiger partial charge in [0.15, 0.2) is 0 Å². The van der Waals surface area contributed by atoms with Crippen LogP contribution in [-0.4, -0.2) is 10.1 Å². The molecule has 0 saturated carbocycles. The molecule has 0 amide bonds. The maximum absolute atomic E-state index is 12.0. The molecule has 0 aliphatic rings. The normalized spacial score (nSPS) is 11.2. The zero-order chi connectivity index (χ0) is 14.4. The number of nitrogens with one attached hydrogen (secondary N) is 1. The van der Waals surface area contributed by atoms with Crippen LogP contribution in [0.3, 0.4) is 0 Å². The molecule has 102 valence electrons. The van der Waals surface area contributed by atoms with E-state index >= 15 is 0 Å². The molecule has 0 atom stereocenters. The molecule has 0 fully saturated rings. The number of thiophene rings is 1. The number of benzene rings is 2. The predicted octanol–water partition coefficient (Wildman–Crippen LogP) is 4.12. The number of aromatic nitrogens is 1. The zero-order valence-electron chi connectivity index (χ0n) is 11.0. The molecule has 0 unspecified atom stereocenters. The van der Waals surface area contributed by atoms with Crippen LogP contribution in [0.15, 0.2) is 58.7 Å². The molecule has 0 radical (unpaired) electrons. The standard InChI is InChI=1S/C17H11NO2S/c19-15-4-2-1-3-11(15)10-5-6-14-13(9-10)12-7-8-21-16(12)17(20)18-14/h1-9,19H,(H,18,20). The van der Waals surface area contributed by atoms with Crippen LogP contribution in [0.1, 0.15) is 0 Å². The van der Waals surface area contributed by atoms with Gasteiger partial charge in [-0.1, -0.05) is 24.3 Å². The fraction of sp³-hybridized carbons (Fsp3) is 0. The first-order valence-corrected chi connectivity index (χ1v) is 7.43. The first-order chi connectivity index (χ1) is 10.2. The highest BCUT2D eigenvalue weighted by Gasteiger charge is 2.09. The average Bonchev–Trinajstić information content (AvgIpc) is 2.98. The van der Waals surface area contributed by atoms with Gasteiger partial charge >= 0.3 is 0 Å². The predicted molar refractivity (Wildman–Crippen MR) is 87.1 cm³/mol. The topological polar surface area (TPSA) is 53.1 Å². The molecule has 4 heteroatoms. The largest absolute Gasteiger partial charge is 0.507 e. The highest BCUT2D eigenvalue weighted by atomic mass is 32.1. The Kier molecular flexibility index (Phi) is 2.59. The Labute approximate surface area is 124 Å². The van der Waals surface area contributed by atoms with Gasteiger partial charge in [0, 0.05) is 21.9 Å². The fourth-order valence-corrected chi connectivity index (χ4v) is 3.44. The van der Waals surface area contributed by atoms with E-state index in [1.54, 1.807) is 12.1 Å². The average molecular weight is 293 g/mol. The van der Waals surface area contributed by atoms with Gasteiger partial charge in [-0.05, 0) is 35.2 Å². The lowest BCUT2D eigenvalue weighted by molar-refractivity contribution is 0.477. The molecular formula is C17H11NO2S. The van der Waals surface area contributed by atoms with Gasteiger partial charge in [-0.25, -0.2) is 0 Å². The Balaban J connectivity index is 2.08. The minimum atomic E-state index is -0.0530. The van der Waals surface area contributed by atoms with E-state index in [1.807, 2.05) is 41.8 Å². The van der Waals surface area contributed by atoms with Gasteiger partial charge in [-0.15, -0.1) is 11.3 Å². The van der Waals surface area contributed by atoms with Crippen molar-refractivity contribution in [2.24, 2.45) is 0 Å². The third-order valence-electron chi connectivity index (χ3n) is 3.64. The van der Waals surface area contributed by atoms with E-state index in [4.69, 9.17) is 0 Å². The van der Waals surface area contributed by atoms with Crippen LogP contribution in [0.25, 0.3) is 32.1 Å². The van der Waals surface area contributed by atoms with Crippen molar-refractivity contribution in [2.75, 3.05) is 0 Å². The Morgan fingerprint density at radius 2 is 1.86 bits per heavy atom. The molecule has 2 aromatic carbocycles. The van der Waals surface area contributed by atoms with Gasteiger partial charge in [-0.2, -0.15) is 0 Å². The first kappa shape index (κ1) is 12.2. The number of hydrogen-bond donors (Lipinski definition) is 2. The summed E-state index contributed by atoms with van der Waals surface area (Å²) >= 11 is 1.44. The van der Waals surface area contributed by atoms with Crippen LogP contribution in [-0.2, 0) is 0 Å². The van der Waals surface area contributed by atoms with Crippen molar-refractivity contribution in [1.29, 1.82) is 0 Å². The van der Waals surface area contributed by atoms with Crippen LogP contribution in [0, 0.1) is 0 Å². The molecule has 21 heavy (non-hydrogen) atoms. The maximum atomic E-state index is 12.0. The summed E-state index contributed by atoms with van der Waals surface area (Å²) in [6.45, 7) is 0. The van der Waals surface area contributed by atoms with Crippen molar-refractivity contribution in [3.63, 3.8) is 0 Å². The quantitative estimate of drug-likeness (QED) is 0.555. The zero-order valence-corrected chi connectivity index (χ0v) is 11.8. The van der Waals surface area contributed by atoms with Crippen LogP contribution in [0.4, 0.5) is 0 Å². The number of para-hydroxylation sites is 1. The Morgan fingerprint density at radius 1 is 1.00 bits per heavy atom. The second-order valence-corrected chi connectivity index (χ2v) is 5.81. The van der Waals surface area contributed by atoms with Crippen molar-refractivity contribution >= 4 is 32.3 Å². The number of pyridine rings is 1. The minimum absolute atomic E-state index is 0.0530. The molecule has 0 spiro atoms. The summed E-state index contributed by atoms with van der Waals surface area (Å²) in [6.07, 6.45) is 0. The lowest BCUT2D eigenvalue weighted by Gasteiger charge is -2.07. The molecule has 4 rings (SSSR count). The second-order valence-electron chi connectivity index (χ2n) is 4.90. The van der Waals surface area contributed by atoms with Crippen molar-refractivity contribution < 1.29 is 5.11 Å². The molecule has 0 saturated heterocycles. The molecule has 2 N–H and O–H groups in total. The molecular weight excluding hydrogens is 282 g/mol. The summed E-state index contributed by atoms with van der Waals surface area (Å²) in [6, 6.07) is 15.0. The van der Waals surface area contributed by atoms with E-state index in [1.165, 1.54) is 11.3 Å². The SMILES string of the molecule is O=c1[nH]c2ccc(-c3ccccc3O)cc2c2ccsc12. The van der Waals surface area contributed by atoms with Gasteiger partial charge in [0.1, 0.15) is 10.4 Å². The number of fused-ring (bicyclic) bond motifs is 3. The minimum Gasteiger partial charge on any atom is -0.507 e. The third kappa shape index (κ3) is 1.84. The summed E-state index contributed by atoms with van der Waals surface area (Å²) < 4.78 is 0.733. The van der Waals surface area contributed by atoms with Crippen LogP contribution >= 0.6 is 11.3 Å². The molecule has 2 heterocycles. The number of aromatic amines is 1. The summed E-state index contributed by atoms with van der Waals surface area (Å²) in [7, 11) is 0. The summed E-state index contributed by atoms with van der Waals surface area (Å²) in [5, 5.41) is 13.9. The molecule has 4 aromatic rings. The van der Waals surface area contributed by atoms with E-state index < -0.39 is 0 Å². The number of hydrogen-bond acceptors (Lipinski definition) is 3. The molecule has 0 aliphatic heterocycles. The van der Waals surface area contributed by atoms with E-state index in [2.05, 4.69) is 4.98 Å². The Bertz CT molecular complexity index is 1030. The van der Waals surface area contributed by atoms with Gasteiger partial charge < -0.3 is 10.1 Å². The number of aromatic hydroxyl groups is 1. The van der Waals surface area contributed by atoms with Crippen molar-refractivity contribution in [3.05, 3.63) is 64.3 Å². The fourth-order valence-electron chi connectivity index (χ4n) is 2.64. The van der Waals surface area contributed by atoms with E-state index in [0.717, 1.165) is 32.1 Å². The second kappa shape index (κ2) is 4.46. The smallest absolute Gasteiger partial charge is 0.266 e. The van der Waals surface area contributed by atoms with Gasteiger partial charge in [-0.3, -0.25) is 4.79 Å². The lowest BCUT2D eigenvalue weighted by atomic mass is 10.0. The highest BCUT2D eigenvalue weighted by Crippen LogP contribution is 2.33. The van der Waals surface area contributed by atoms with E-state index in [-0.39, 0.29) is 11.3 Å². The van der Waals surface area contributed by atoms with Crippen LogP contribution in [0.5, 0.6) is 5.75 Å². The summed E-state index contributed by atoms with van der Waals surface area (Å²) in [4.78, 5) is 14.9. The summed E-state index contributed by atoms with van der Waals surface area (Å²) in [5.74, 6) is 0.253. The number of rotatable bonds is 1. The lowest BCUT2D eigenvalue weighted by Crippen LogP contribution is -2.03.